The topological polar surface area (TPSA) is 106 Å². The van der Waals surface area contributed by atoms with Crippen LogP contribution in [0.1, 0.15) is 32.3 Å². The number of carbonyl (C=O) groups is 1. The Labute approximate surface area is 106 Å². The lowest BCUT2D eigenvalue weighted by atomic mass is 10.1. The first-order chi connectivity index (χ1) is 8.51. The molecule has 0 radical (unpaired) electrons. The molecule has 18 heavy (non-hydrogen) atoms. The first-order valence-corrected chi connectivity index (χ1v) is 5.82. The second-order valence-electron chi connectivity index (χ2n) is 4.19. The van der Waals surface area contributed by atoms with Gasteiger partial charge >= 0.3 is 0 Å². The summed E-state index contributed by atoms with van der Waals surface area (Å²) in [6.07, 6.45) is 3.19. The number of amides is 1. The number of nitrogens with one attached hydrogen (secondary N) is 1. The maximum Gasteiger partial charge on any atom is 0.228 e. The minimum atomic E-state index is -0.104. The van der Waals surface area contributed by atoms with Crippen molar-refractivity contribution in [1.82, 2.24) is 9.78 Å². The molecule has 0 saturated carbocycles. The van der Waals surface area contributed by atoms with E-state index >= 15 is 0 Å². The molecule has 0 spiro atoms. The van der Waals surface area contributed by atoms with Gasteiger partial charge in [-0.05, 0) is 6.42 Å². The second-order valence-corrected chi connectivity index (χ2v) is 4.19. The lowest BCUT2D eigenvalue weighted by Gasteiger charge is -2.12. The molecule has 100 valence electrons. The molecular weight excluding hydrogens is 234 g/mol. The zero-order valence-corrected chi connectivity index (χ0v) is 10.8. The number of rotatable bonds is 5. The Morgan fingerprint density at radius 1 is 1.72 bits per heavy atom. The summed E-state index contributed by atoms with van der Waals surface area (Å²) in [6.45, 7) is 3.88. The maximum absolute atomic E-state index is 11.9. The van der Waals surface area contributed by atoms with Crippen LogP contribution in [0.25, 0.3) is 0 Å². The summed E-state index contributed by atoms with van der Waals surface area (Å²) in [4.78, 5) is 11.9. The molecule has 0 saturated heterocycles. The molecule has 0 aliphatic rings. The number of aryl methyl sites for hydroxylation is 1. The monoisotopic (exact) mass is 253 g/mol. The SMILES string of the molecule is CCCC(C)C(=O)Nc1c(C(N)=NO)cnn1C. The number of aromatic nitrogens is 2. The molecule has 1 aromatic heterocycles. The molecule has 0 fully saturated rings. The fraction of sp³-hybridized carbons (Fsp3) is 0.545. The fourth-order valence-electron chi connectivity index (χ4n) is 1.63. The van der Waals surface area contributed by atoms with Crippen molar-refractivity contribution in [2.75, 3.05) is 5.32 Å². The summed E-state index contributed by atoms with van der Waals surface area (Å²) < 4.78 is 1.48. The molecule has 1 rings (SSSR count). The average Bonchev–Trinajstić information content (AvgIpc) is 2.70. The Kier molecular flexibility index (Phi) is 4.70. The molecule has 7 heteroatoms. The fourth-order valence-corrected chi connectivity index (χ4v) is 1.63. The molecule has 1 heterocycles. The van der Waals surface area contributed by atoms with Crippen LogP contribution >= 0.6 is 0 Å². The van der Waals surface area contributed by atoms with Crippen LogP contribution in [-0.2, 0) is 11.8 Å². The van der Waals surface area contributed by atoms with Gasteiger partial charge in [0.1, 0.15) is 5.82 Å². The summed E-state index contributed by atoms with van der Waals surface area (Å²) >= 11 is 0. The van der Waals surface area contributed by atoms with Gasteiger partial charge in [-0.2, -0.15) is 5.10 Å². The third-order valence-electron chi connectivity index (χ3n) is 2.73. The summed E-state index contributed by atoms with van der Waals surface area (Å²) in [6, 6.07) is 0. The number of oxime groups is 1. The van der Waals surface area contributed by atoms with E-state index in [2.05, 4.69) is 15.6 Å². The van der Waals surface area contributed by atoms with Gasteiger partial charge in [0.25, 0.3) is 0 Å². The highest BCUT2D eigenvalue weighted by atomic mass is 16.4. The van der Waals surface area contributed by atoms with Crippen molar-refractivity contribution in [2.24, 2.45) is 23.9 Å². The van der Waals surface area contributed by atoms with Crippen LogP contribution in [0.3, 0.4) is 0 Å². The molecule has 1 atom stereocenters. The molecule has 0 bridgehead atoms. The van der Waals surface area contributed by atoms with Gasteiger partial charge in [0.05, 0.1) is 11.8 Å². The molecule has 0 aliphatic heterocycles. The van der Waals surface area contributed by atoms with Crippen molar-refractivity contribution in [3.63, 3.8) is 0 Å². The summed E-state index contributed by atoms with van der Waals surface area (Å²) in [5.41, 5.74) is 5.91. The third kappa shape index (κ3) is 2.99. The van der Waals surface area contributed by atoms with E-state index in [-0.39, 0.29) is 17.7 Å². The van der Waals surface area contributed by atoms with Gasteiger partial charge in [-0.25, -0.2) is 0 Å². The number of anilines is 1. The Balaban J connectivity index is 2.90. The van der Waals surface area contributed by atoms with Gasteiger partial charge in [0.2, 0.25) is 5.91 Å². The highest BCUT2D eigenvalue weighted by molar-refractivity contribution is 6.04. The van der Waals surface area contributed by atoms with E-state index in [0.29, 0.717) is 11.4 Å². The molecule has 0 aliphatic carbocycles. The van der Waals surface area contributed by atoms with E-state index in [1.54, 1.807) is 7.05 Å². The molecular formula is C11H19N5O2. The highest BCUT2D eigenvalue weighted by Crippen LogP contribution is 2.16. The van der Waals surface area contributed by atoms with E-state index in [1.807, 2.05) is 13.8 Å². The number of carbonyl (C=O) groups excluding carboxylic acids is 1. The van der Waals surface area contributed by atoms with Crippen LogP contribution in [0.5, 0.6) is 0 Å². The van der Waals surface area contributed by atoms with Crippen molar-refractivity contribution < 1.29 is 10.0 Å². The van der Waals surface area contributed by atoms with Crippen molar-refractivity contribution in [2.45, 2.75) is 26.7 Å². The first-order valence-electron chi connectivity index (χ1n) is 5.82. The summed E-state index contributed by atoms with van der Waals surface area (Å²) in [7, 11) is 1.67. The molecule has 4 N–H and O–H groups in total. The standard InChI is InChI=1S/C11H19N5O2/c1-4-5-7(2)11(17)14-10-8(9(12)15-18)6-13-16(10)3/h6-7,18H,4-5H2,1-3H3,(H2,12,15)(H,14,17). The van der Waals surface area contributed by atoms with Crippen LogP contribution in [0.4, 0.5) is 5.82 Å². The predicted octanol–water partition coefficient (Wildman–Crippen LogP) is 0.889. The van der Waals surface area contributed by atoms with Crippen LogP contribution in [-0.4, -0.2) is 26.7 Å². The number of nitrogens with two attached hydrogens (primary N) is 1. The number of amidine groups is 1. The molecule has 7 nitrogen and oxygen atoms in total. The third-order valence-corrected chi connectivity index (χ3v) is 2.73. The zero-order chi connectivity index (χ0) is 13.7. The zero-order valence-electron chi connectivity index (χ0n) is 10.8. The normalized spacial score (nSPS) is 13.4. The van der Waals surface area contributed by atoms with Gasteiger partial charge in [-0.3, -0.25) is 9.48 Å². The number of hydrogen-bond donors (Lipinski definition) is 3. The van der Waals surface area contributed by atoms with Gasteiger partial charge in [0.15, 0.2) is 5.84 Å². The Morgan fingerprint density at radius 2 is 2.39 bits per heavy atom. The lowest BCUT2D eigenvalue weighted by molar-refractivity contribution is -0.119. The molecule has 1 amide bonds. The minimum Gasteiger partial charge on any atom is -0.409 e. The predicted molar refractivity (Wildman–Crippen MR) is 68.4 cm³/mol. The van der Waals surface area contributed by atoms with Gasteiger partial charge in [-0.15, -0.1) is 0 Å². The lowest BCUT2D eigenvalue weighted by Crippen LogP contribution is -2.24. The van der Waals surface area contributed by atoms with E-state index in [0.717, 1.165) is 12.8 Å². The van der Waals surface area contributed by atoms with Crippen molar-refractivity contribution in [1.29, 1.82) is 0 Å². The van der Waals surface area contributed by atoms with E-state index < -0.39 is 0 Å². The largest absolute Gasteiger partial charge is 0.409 e. The number of hydrogen-bond acceptors (Lipinski definition) is 4. The van der Waals surface area contributed by atoms with Crippen molar-refractivity contribution in [3.05, 3.63) is 11.8 Å². The maximum atomic E-state index is 11.9. The molecule has 1 aromatic rings. The Morgan fingerprint density at radius 3 is 2.94 bits per heavy atom. The minimum absolute atomic E-state index is 0.0819. The highest BCUT2D eigenvalue weighted by Gasteiger charge is 2.18. The smallest absolute Gasteiger partial charge is 0.228 e. The van der Waals surface area contributed by atoms with Gasteiger partial charge < -0.3 is 16.3 Å². The molecule has 0 aromatic carbocycles. The quantitative estimate of drug-likeness (QED) is 0.313. The summed E-state index contributed by atoms with van der Waals surface area (Å²) in [5.74, 6) is 0.150. The second kappa shape index (κ2) is 6.04. The van der Waals surface area contributed by atoms with E-state index in [9.17, 15) is 4.79 Å². The van der Waals surface area contributed by atoms with Gasteiger partial charge in [0, 0.05) is 13.0 Å². The molecule has 1 unspecified atom stereocenters. The van der Waals surface area contributed by atoms with Crippen LogP contribution in [0.2, 0.25) is 0 Å². The van der Waals surface area contributed by atoms with Crippen molar-refractivity contribution >= 4 is 17.6 Å². The Bertz CT molecular complexity index is 452. The van der Waals surface area contributed by atoms with Gasteiger partial charge in [-0.1, -0.05) is 25.4 Å². The Hall–Kier alpha value is -2.05. The average molecular weight is 253 g/mol. The number of nitrogens with zero attached hydrogens (tertiary/aromatic N) is 3. The van der Waals surface area contributed by atoms with Crippen LogP contribution in [0, 0.1) is 5.92 Å². The van der Waals surface area contributed by atoms with E-state index in [4.69, 9.17) is 10.9 Å². The van der Waals surface area contributed by atoms with Crippen molar-refractivity contribution in [3.8, 4) is 0 Å². The van der Waals surface area contributed by atoms with Crippen LogP contribution in [0.15, 0.2) is 11.4 Å². The van der Waals surface area contributed by atoms with E-state index in [1.165, 1.54) is 10.9 Å². The van der Waals surface area contributed by atoms with Crippen LogP contribution < -0.4 is 11.1 Å². The summed E-state index contributed by atoms with van der Waals surface area (Å²) in [5, 5.41) is 18.3. The first kappa shape index (κ1) is 14.0.